The monoisotopic (exact) mass is 419 g/mol. The molecular weight excluding hydrogens is 394 g/mol. The number of carbonyl (C=O) groups excluding carboxylic acids is 1. The first-order chi connectivity index (χ1) is 15.0. The molecule has 7 nitrogen and oxygen atoms in total. The number of pyridine rings is 1. The molecule has 0 aliphatic carbocycles. The van der Waals surface area contributed by atoms with Gasteiger partial charge in [-0.1, -0.05) is 30.3 Å². The molecule has 0 spiro atoms. The molecule has 31 heavy (non-hydrogen) atoms. The second kappa shape index (κ2) is 10.2. The van der Waals surface area contributed by atoms with E-state index >= 15 is 0 Å². The van der Waals surface area contributed by atoms with Crippen molar-refractivity contribution < 1.29 is 14.3 Å². The van der Waals surface area contributed by atoms with Crippen LogP contribution < -0.4 is 20.5 Å². The fourth-order valence-electron chi connectivity index (χ4n) is 2.93. The number of benzene rings is 2. The van der Waals surface area contributed by atoms with Crippen molar-refractivity contribution in [1.29, 1.82) is 0 Å². The number of hydrogen-bond donors (Lipinski definition) is 1. The van der Waals surface area contributed by atoms with Crippen LogP contribution >= 0.6 is 0 Å². The van der Waals surface area contributed by atoms with Crippen molar-refractivity contribution in [2.45, 2.75) is 26.5 Å². The summed E-state index contributed by atoms with van der Waals surface area (Å²) in [5.41, 5.74) is 3.84. The Morgan fingerprint density at radius 2 is 1.87 bits per heavy atom. The summed E-state index contributed by atoms with van der Waals surface area (Å²) in [5.74, 6) is 0.589. The smallest absolute Gasteiger partial charge is 0.276 e. The van der Waals surface area contributed by atoms with Crippen molar-refractivity contribution in [3.05, 3.63) is 93.9 Å². The maximum atomic E-state index is 12.4. The highest BCUT2D eigenvalue weighted by molar-refractivity contribution is 5.94. The average Bonchev–Trinajstić information content (AvgIpc) is 2.78. The van der Waals surface area contributed by atoms with Gasteiger partial charge in [-0.3, -0.25) is 9.59 Å². The van der Waals surface area contributed by atoms with Gasteiger partial charge in [0.2, 0.25) is 0 Å². The predicted molar refractivity (Wildman–Crippen MR) is 120 cm³/mol. The van der Waals surface area contributed by atoms with Gasteiger partial charge >= 0.3 is 0 Å². The number of hydrogen-bond acceptors (Lipinski definition) is 5. The SMILES string of the molecule is COc1cc(/C=N\NC(=O)c2cccn(C(C)C)c2=O)ccc1OCc1ccccc1. The highest BCUT2D eigenvalue weighted by atomic mass is 16.5. The van der Waals surface area contributed by atoms with Gasteiger partial charge in [0.05, 0.1) is 13.3 Å². The number of ether oxygens (including phenoxy) is 2. The first kappa shape index (κ1) is 21.8. The quantitative estimate of drug-likeness (QED) is 0.445. The third kappa shape index (κ3) is 5.60. The van der Waals surface area contributed by atoms with Crippen LogP contribution in [0.4, 0.5) is 0 Å². The number of amides is 1. The Labute approximate surface area is 180 Å². The zero-order chi connectivity index (χ0) is 22.2. The van der Waals surface area contributed by atoms with Gasteiger partial charge in [0.1, 0.15) is 12.2 Å². The maximum absolute atomic E-state index is 12.4. The zero-order valence-electron chi connectivity index (χ0n) is 17.7. The molecule has 0 aliphatic rings. The average molecular weight is 419 g/mol. The molecule has 7 heteroatoms. The minimum atomic E-state index is -0.564. The van der Waals surface area contributed by atoms with Crippen LogP contribution in [0, 0.1) is 0 Å². The Hall–Kier alpha value is -3.87. The first-order valence-electron chi connectivity index (χ1n) is 9.89. The zero-order valence-corrected chi connectivity index (χ0v) is 17.7. The van der Waals surface area contributed by atoms with E-state index in [1.807, 2.05) is 44.2 Å². The molecule has 0 bridgehead atoms. The fraction of sp³-hybridized carbons (Fsp3) is 0.208. The van der Waals surface area contributed by atoms with Crippen LogP contribution in [0.3, 0.4) is 0 Å². The van der Waals surface area contributed by atoms with E-state index < -0.39 is 5.91 Å². The Bertz CT molecular complexity index is 1120. The van der Waals surface area contributed by atoms with Crippen molar-refractivity contribution in [3.8, 4) is 11.5 Å². The van der Waals surface area contributed by atoms with Crippen molar-refractivity contribution >= 4 is 12.1 Å². The Morgan fingerprint density at radius 1 is 1.10 bits per heavy atom. The van der Waals surface area contributed by atoms with Gasteiger partial charge in [-0.2, -0.15) is 5.10 Å². The van der Waals surface area contributed by atoms with Gasteiger partial charge in [0, 0.05) is 12.2 Å². The molecular formula is C24H25N3O4. The van der Waals surface area contributed by atoms with Crippen molar-refractivity contribution in [1.82, 2.24) is 9.99 Å². The highest BCUT2D eigenvalue weighted by Crippen LogP contribution is 2.28. The number of nitrogens with zero attached hydrogens (tertiary/aromatic N) is 2. The lowest BCUT2D eigenvalue weighted by Crippen LogP contribution is -2.31. The van der Waals surface area contributed by atoms with E-state index in [2.05, 4.69) is 10.5 Å². The number of methoxy groups -OCH3 is 1. The standard InChI is InChI=1S/C24H25N3O4/c1-17(2)27-13-7-10-20(24(27)29)23(28)26-25-15-19-11-12-21(22(14-19)30-3)31-16-18-8-5-4-6-9-18/h4-15,17H,16H2,1-3H3,(H,26,28)/b25-15-. The molecule has 1 amide bonds. The number of carbonyl (C=O) groups is 1. The van der Waals surface area contributed by atoms with Crippen molar-refractivity contribution in [2.24, 2.45) is 5.10 Å². The van der Waals surface area contributed by atoms with E-state index in [9.17, 15) is 9.59 Å². The molecule has 0 saturated heterocycles. The van der Waals surface area contributed by atoms with Gasteiger partial charge < -0.3 is 14.0 Å². The number of nitrogens with one attached hydrogen (secondary N) is 1. The van der Waals surface area contributed by atoms with Crippen LogP contribution in [0.25, 0.3) is 0 Å². The Balaban J connectivity index is 1.66. The number of rotatable bonds is 8. The molecule has 0 saturated carbocycles. The van der Waals surface area contributed by atoms with E-state index in [0.29, 0.717) is 23.7 Å². The summed E-state index contributed by atoms with van der Waals surface area (Å²) in [6.07, 6.45) is 3.13. The summed E-state index contributed by atoms with van der Waals surface area (Å²) in [7, 11) is 1.56. The fourth-order valence-corrected chi connectivity index (χ4v) is 2.93. The molecule has 160 valence electrons. The van der Waals surface area contributed by atoms with Crippen molar-refractivity contribution in [3.63, 3.8) is 0 Å². The lowest BCUT2D eigenvalue weighted by Gasteiger charge is -2.11. The summed E-state index contributed by atoms with van der Waals surface area (Å²) in [4.78, 5) is 24.7. The molecule has 2 aromatic carbocycles. The number of hydrazone groups is 1. The van der Waals surface area contributed by atoms with Gasteiger partial charge in [0.15, 0.2) is 11.5 Å². The molecule has 1 N–H and O–H groups in total. The minimum Gasteiger partial charge on any atom is -0.493 e. The van der Waals surface area contributed by atoms with Crippen LogP contribution in [0.1, 0.15) is 41.4 Å². The molecule has 0 atom stereocenters. The second-order valence-electron chi connectivity index (χ2n) is 7.11. The third-order valence-electron chi connectivity index (χ3n) is 4.58. The summed E-state index contributed by atoms with van der Waals surface area (Å²) < 4.78 is 12.7. The maximum Gasteiger partial charge on any atom is 0.276 e. The molecule has 1 aromatic heterocycles. The minimum absolute atomic E-state index is 0.0376. The van der Waals surface area contributed by atoms with Crippen LogP contribution in [0.5, 0.6) is 11.5 Å². The summed E-state index contributed by atoms with van der Waals surface area (Å²) in [6, 6.07) is 18.3. The molecule has 1 heterocycles. The third-order valence-corrected chi connectivity index (χ3v) is 4.58. The van der Waals surface area contributed by atoms with Gasteiger partial charge in [-0.05, 0) is 55.3 Å². The van der Waals surface area contributed by atoms with Crippen LogP contribution in [-0.2, 0) is 6.61 Å². The summed E-state index contributed by atoms with van der Waals surface area (Å²) in [5, 5.41) is 3.96. The van der Waals surface area contributed by atoms with E-state index in [1.54, 1.807) is 37.6 Å². The molecule has 3 aromatic rings. The molecule has 0 radical (unpaired) electrons. The number of aromatic nitrogens is 1. The van der Waals surface area contributed by atoms with Crippen LogP contribution in [-0.4, -0.2) is 23.8 Å². The topological polar surface area (TPSA) is 81.9 Å². The highest BCUT2D eigenvalue weighted by Gasteiger charge is 2.12. The van der Waals surface area contributed by atoms with Crippen LogP contribution in [0.2, 0.25) is 0 Å². The lowest BCUT2D eigenvalue weighted by molar-refractivity contribution is 0.0953. The van der Waals surface area contributed by atoms with E-state index in [-0.39, 0.29) is 17.2 Å². The predicted octanol–water partition coefficient (Wildman–Crippen LogP) is 3.78. The largest absolute Gasteiger partial charge is 0.493 e. The van der Waals surface area contributed by atoms with Gasteiger partial charge in [-0.25, -0.2) is 5.43 Å². The van der Waals surface area contributed by atoms with E-state index in [4.69, 9.17) is 9.47 Å². The molecule has 0 unspecified atom stereocenters. The van der Waals surface area contributed by atoms with Gasteiger partial charge in [-0.15, -0.1) is 0 Å². The Kier molecular flexibility index (Phi) is 7.22. The molecule has 0 aliphatic heterocycles. The van der Waals surface area contributed by atoms with E-state index in [0.717, 1.165) is 5.56 Å². The Morgan fingerprint density at radius 3 is 2.58 bits per heavy atom. The summed E-state index contributed by atoms with van der Waals surface area (Å²) >= 11 is 0. The van der Waals surface area contributed by atoms with Gasteiger partial charge in [0.25, 0.3) is 11.5 Å². The van der Waals surface area contributed by atoms with Crippen molar-refractivity contribution in [2.75, 3.05) is 7.11 Å². The first-order valence-corrected chi connectivity index (χ1v) is 9.89. The molecule has 3 rings (SSSR count). The van der Waals surface area contributed by atoms with E-state index in [1.165, 1.54) is 16.8 Å². The second-order valence-corrected chi connectivity index (χ2v) is 7.11. The lowest BCUT2D eigenvalue weighted by atomic mass is 10.2. The normalized spacial score (nSPS) is 11.0. The summed E-state index contributed by atoms with van der Waals surface area (Å²) in [6.45, 7) is 4.18. The molecule has 0 fully saturated rings. The van der Waals surface area contributed by atoms with Crippen LogP contribution in [0.15, 0.2) is 76.8 Å².